The average Bonchev–Trinajstić information content (AvgIpc) is 2.97. The monoisotopic (exact) mass is 304 g/mol. The Labute approximate surface area is 128 Å². The Balaban J connectivity index is 1.91. The molecule has 0 bridgehead atoms. The van der Waals surface area contributed by atoms with Crippen LogP contribution in [0, 0.1) is 0 Å². The molecular weight excluding hydrogens is 284 g/mol. The zero-order valence-electron chi connectivity index (χ0n) is 12.2. The highest BCUT2D eigenvalue weighted by atomic mass is 32.1. The van der Waals surface area contributed by atoms with Crippen LogP contribution in [0.3, 0.4) is 0 Å². The molecule has 0 fully saturated rings. The topological polar surface area (TPSA) is 62.2 Å². The Morgan fingerprint density at radius 2 is 2.10 bits per heavy atom. The molecule has 1 heterocycles. The Kier molecular flexibility index (Phi) is 5.47. The second-order valence-corrected chi connectivity index (χ2v) is 6.12. The van der Waals surface area contributed by atoms with E-state index in [1.807, 2.05) is 37.3 Å². The average molecular weight is 304 g/mol. The van der Waals surface area contributed by atoms with E-state index < -0.39 is 6.10 Å². The number of aliphatic hydroxyl groups is 1. The summed E-state index contributed by atoms with van der Waals surface area (Å²) in [6, 6.07) is 9.42. The fourth-order valence-electron chi connectivity index (χ4n) is 1.97. The third-order valence-electron chi connectivity index (χ3n) is 3.32. The number of nitrogens with zero attached hydrogens (tertiary/aromatic N) is 1. The Hall–Kier alpha value is -1.72. The summed E-state index contributed by atoms with van der Waals surface area (Å²) >= 11 is 1.39. The molecular formula is C16H20N2O2S. The number of hydrogen-bond donors (Lipinski definition) is 2. The molecule has 112 valence electrons. The number of carbonyl (C=O) groups is 1. The third-order valence-corrected chi connectivity index (χ3v) is 4.46. The summed E-state index contributed by atoms with van der Waals surface area (Å²) in [5.41, 5.74) is 1.05. The normalized spacial score (nSPS) is 13.7. The SMILES string of the molecule is CCc1cnc(C(=O)N[C@H](C)[C@@H](O)Cc2ccccc2)s1. The number of aryl methyl sites for hydroxylation is 1. The molecule has 1 aromatic carbocycles. The summed E-state index contributed by atoms with van der Waals surface area (Å²) in [6.07, 6.45) is 2.49. The minimum atomic E-state index is -0.623. The van der Waals surface area contributed by atoms with Gasteiger partial charge in [0.1, 0.15) is 0 Å². The van der Waals surface area contributed by atoms with Gasteiger partial charge in [0, 0.05) is 17.5 Å². The minimum absolute atomic E-state index is 0.223. The number of hydrogen-bond acceptors (Lipinski definition) is 4. The summed E-state index contributed by atoms with van der Waals surface area (Å²) in [7, 11) is 0. The maximum Gasteiger partial charge on any atom is 0.280 e. The number of rotatable bonds is 6. The standard InChI is InChI=1S/C16H20N2O2S/c1-3-13-10-17-16(21-13)15(20)18-11(2)14(19)9-12-7-5-4-6-8-12/h4-8,10-11,14,19H,3,9H2,1-2H3,(H,18,20)/t11-,14+/m1/s1. The zero-order chi connectivity index (χ0) is 15.2. The largest absolute Gasteiger partial charge is 0.391 e. The fourth-order valence-corrected chi connectivity index (χ4v) is 2.73. The smallest absolute Gasteiger partial charge is 0.280 e. The van der Waals surface area contributed by atoms with Crippen LogP contribution < -0.4 is 5.32 Å². The molecule has 0 saturated heterocycles. The molecule has 2 aromatic rings. The Morgan fingerprint density at radius 3 is 2.71 bits per heavy atom. The first-order chi connectivity index (χ1) is 10.1. The number of thiazole rings is 1. The van der Waals surface area contributed by atoms with Crippen molar-refractivity contribution in [1.29, 1.82) is 0 Å². The predicted octanol–water partition coefficient (Wildman–Crippen LogP) is 2.43. The van der Waals surface area contributed by atoms with Crippen molar-refractivity contribution < 1.29 is 9.90 Å². The Bertz CT molecular complexity index is 583. The number of aliphatic hydroxyl groups excluding tert-OH is 1. The molecule has 2 N–H and O–H groups in total. The van der Waals surface area contributed by atoms with Crippen LogP contribution in [0.2, 0.25) is 0 Å². The predicted molar refractivity (Wildman–Crippen MR) is 84.6 cm³/mol. The first-order valence-corrected chi connectivity index (χ1v) is 7.89. The number of nitrogens with one attached hydrogen (secondary N) is 1. The van der Waals surface area contributed by atoms with Gasteiger partial charge in [-0.25, -0.2) is 4.98 Å². The van der Waals surface area contributed by atoms with Crippen LogP contribution in [0.1, 0.15) is 34.1 Å². The van der Waals surface area contributed by atoms with Crippen molar-refractivity contribution >= 4 is 17.2 Å². The van der Waals surface area contributed by atoms with Gasteiger partial charge in [-0.1, -0.05) is 37.3 Å². The summed E-state index contributed by atoms with van der Waals surface area (Å²) in [5, 5.41) is 13.4. The van der Waals surface area contributed by atoms with Crippen LogP contribution in [0.25, 0.3) is 0 Å². The van der Waals surface area contributed by atoms with E-state index in [1.54, 1.807) is 13.1 Å². The number of benzene rings is 1. The van der Waals surface area contributed by atoms with Crippen molar-refractivity contribution in [2.24, 2.45) is 0 Å². The van der Waals surface area contributed by atoms with Gasteiger partial charge in [-0.3, -0.25) is 4.79 Å². The zero-order valence-corrected chi connectivity index (χ0v) is 13.1. The van der Waals surface area contributed by atoms with Crippen molar-refractivity contribution in [2.75, 3.05) is 0 Å². The maximum absolute atomic E-state index is 12.1. The van der Waals surface area contributed by atoms with Gasteiger partial charge in [-0.05, 0) is 18.9 Å². The maximum atomic E-state index is 12.1. The van der Waals surface area contributed by atoms with Crippen LogP contribution in [0.15, 0.2) is 36.5 Å². The molecule has 2 rings (SSSR count). The first-order valence-electron chi connectivity index (χ1n) is 7.07. The van der Waals surface area contributed by atoms with Crippen LogP contribution in [0.5, 0.6) is 0 Å². The highest BCUT2D eigenvalue weighted by molar-refractivity contribution is 7.13. The van der Waals surface area contributed by atoms with Crippen molar-refractivity contribution in [3.05, 3.63) is 52.0 Å². The van der Waals surface area contributed by atoms with Gasteiger partial charge in [-0.15, -0.1) is 11.3 Å². The molecule has 1 amide bonds. The molecule has 4 nitrogen and oxygen atoms in total. The molecule has 0 aliphatic heterocycles. The van der Waals surface area contributed by atoms with E-state index in [1.165, 1.54) is 11.3 Å². The van der Waals surface area contributed by atoms with Gasteiger partial charge in [0.25, 0.3) is 5.91 Å². The molecule has 5 heteroatoms. The molecule has 0 spiro atoms. The van der Waals surface area contributed by atoms with E-state index in [-0.39, 0.29) is 11.9 Å². The van der Waals surface area contributed by atoms with Gasteiger partial charge < -0.3 is 10.4 Å². The van der Waals surface area contributed by atoms with E-state index in [0.29, 0.717) is 11.4 Å². The third kappa shape index (κ3) is 4.37. The van der Waals surface area contributed by atoms with Crippen molar-refractivity contribution in [2.45, 2.75) is 38.8 Å². The first kappa shape index (κ1) is 15.7. The van der Waals surface area contributed by atoms with E-state index in [9.17, 15) is 9.90 Å². The highest BCUT2D eigenvalue weighted by Crippen LogP contribution is 2.14. The summed E-state index contributed by atoms with van der Waals surface area (Å²) in [4.78, 5) is 17.3. The van der Waals surface area contributed by atoms with E-state index in [0.717, 1.165) is 16.9 Å². The van der Waals surface area contributed by atoms with Crippen molar-refractivity contribution in [3.8, 4) is 0 Å². The molecule has 0 unspecified atom stereocenters. The van der Waals surface area contributed by atoms with Crippen molar-refractivity contribution in [1.82, 2.24) is 10.3 Å². The molecule has 2 atom stereocenters. The Morgan fingerprint density at radius 1 is 1.38 bits per heavy atom. The van der Waals surface area contributed by atoms with Crippen molar-refractivity contribution in [3.63, 3.8) is 0 Å². The summed E-state index contributed by atoms with van der Waals surface area (Å²) in [5.74, 6) is -0.223. The van der Waals surface area contributed by atoms with Gasteiger partial charge in [0.15, 0.2) is 5.01 Å². The van der Waals surface area contributed by atoms with Gasteiger partial charge >= 0.3 is 0 Å². The summed E-state index contributed by atoms with van der Waals surface area (Å²) < 4.78 is 0. The van der Waals surface area contributed by atoms with Gasteiger partial charge in [0.05, 0.1) is 12.1 Å². The molecule has 0 radical (unpaired) electrons. The molecule has 1 aromatic heterocycles. The number of carbonyl (C=O) groups excluding carboxylic acids is 1. The quantitative estimate of drug-likeness (QED) is 0.861. The second kappa shape index (κ2) is 7.33. The number of aromatic nitrogens is 1. The van der Waals surface area contributed by atoms with Crippen LogP contribution in [-0.2, 0) is 12.8 Å². The van der Waals surface area contributed by atoms with E-state index in [2.05, 4.69) is 10.3 Å². The van der Waals surface area contributed by atoms with E-state index >= 15 is 0 Å². The molecule has 0 aliphatic rings. The highest BCUT2D eigenvalue weighted by Gasteiger charge is 2.19. The lowest BCUT2D eigenvalue weighted by Crippen LogP contribution is -2.42. The fraction of sp³-hybridized carbons (Fsp3) is 0.375. The lowest BCUT2D eigenvalue weighted by molar-refractivity contribution is 0.0851. The van der Waals surface area contributed by atoms with Gasteiger partial charge in [0.2, 0.25) is 0 Å². The molecule has 21 heavy (non-hydrogen) atoms. The van der Waals surface area contributed by atoms with E-state index in [4.69, 9.17) is 0 Å². The summed E-state index contributed by atoms with van der Waals surface area (Å²) in [6.45, 7) is 3.83. The lowest BCUT2D eigenvalue weighted by atomic mass is 10.0. The lowest BCUT2D eigenvalue weighted by Gasteiger charge is -2.19. The molecule has 0 saturated carbocycles. The van der Waals surface area contributed by atoms with Gasteiger partial charge in [-0.2, -0.15) is 0 Å². The second-order valence-electron chi connectivity index (χ2n) is 5.00. The van der Waals surface area contributed by atoms with Crippen LogP contribution >= 0.6 is 11.3 Å². The molecule has 0 aliphatic carbocycles. The van der Waals surface area contributed by atoms with Crippen LogP contribution in [-0.4, -0.2) is 28.1 Å². The van der Waals surface area contributed by atoms with Crippen LogP contribution in [0.4, 0.5) is 0 Å². The number of amides is 1. The minimum Gasteiger partial charge on any atom is -0.391 e.